The van der Waals surface area contributed by atoms with E-state index in [1.54, 1.807) is 0 Å². The molecule has 0 radical (unpaired) electrons. The molecule has 1 saturated carbocycles. The van der Waals surface area contributed by atoms with Gasteiger partial charge in [-0.25, -0.2) is 0 Å². The van der Waals surface area contributed by atoms with Crippen LogP contribution in [-0.4, -0.2) is 22.7 Å². The Hall–Kier alpha value is -0.900. The Labute approximate surface area is 96.8 Å². The summed E-state index contributed by atoms with van der Waals surface area (Å²) in [6.07, 6.45) is 5.61. The molecule has 0 aliphatic heterocycles. The average molecular weight is 223 g/mol. The van der Waals surface area contributed by atoms with Gasteiger partial charge in [-0.05, 0) is 38.6 Å². The monoisotopic (exact) mass is 223 g/mol. The molecule has 2 rings (SSSR count). The van der Waals surface area contributed by atoms with Crippen molar-refractivity contribution in [1.82, 2.24) is 15.5 Å². The standard InChI is InChI=1S/C12H21N3O/c1-3-13-9(2)4-7-12-14-11(15-16-12)8-10-5-6-10/h9-10,13H,3-8H2,1-2H3. The lowest BCUT2D eigenvalue weighted by Gasteiger charge is -2.09. The van der Waals surface area contributed by atoms with Crippen molar-refractivity contribution in [2.24, 2.45) is 5.92 Å². The van der Waals surface area contributed by atoms with Crippen LogP contribution in [0.4, 0.5) is 0 Å². The third-order valence-electron chi connectivity index (χ3n) is 3.02. The Bertz CT molecular complexity index is 320. The van der Waals surface area contributed by atoms with E-state index in [1.807, 2.05) is 0 Å². The Morgan fingerprint density at radius 1 is 1.50 bits per heavy atom. The van der Waals surface area contributed by atoms with Crippen molar-refractivity contribution < 1.29 is 4.52 Å². The van der Waals surface area contributed by atoms with Gasteiger partial charge in [-0.15, -0.1) is 0 Å². The summed E-state index contributed by atoms with van der Waals surface area (Å²) in [6.45, 7) is 5.32. The zero-order valence-electron chi connectivity index (χ0n) is 10.2. The van der Waals surface area contributed by atoms with Crippen LogP contribution in [0.5, 0.6) is 0 Å². The number of rotatable bonds is 7. The smallest absolute Gasteiger partial charge is 0.226 e. The van der Waals surface area contributed by atoms with E-state index in [-0.39, 0.29) is 0 Å². The van der Waals surface area contributed by atoms with Crippen LogP contribution in [0.3, 0.4) is 0 Å². The number of aromatic nitrogens is 2. The normalized spacial score (nSPS) is 17.6. The summed E-state index contributed by atoms with van der Waals surface area (Å²) >= 11 is 0. The fraction of sp³-hybridized carbons (Fsp3) is 0.833. The summed E-state index contributed by atoms with van der Waals surface area (Å²) in [5, 5.41) is 7.39. The number of aryl methyl sites for hydroxylation is 1. The van der Waals surface area contributed by atoms with Gasteiger partial charge >= 0.3 is 0 Å². The summed E-state index contributed by atoms with van der Waals surface area (Å²) in [7, 11) is 0. The van der Waals surface area contributed by atoms with Crippen molar-refractivity contribution >= 4 is 0 Å². The van der Waals surface area contributed by atoms with Crippen LogP contribution in [0.2, 0.25) is 0 Å². The van der Waals surface area contributed by atoms with Gasteiger partial charge in [-0.1, -0.05) is 12.1 Å². The molecule has 90 valence electrons. The van der Waals surface area contributed by atoms with Crippen LogP contribution in [0.25, 0.3) is 0 Å². The minimum absolute atomic E-state index is 0.517. The summed E-state index contributed by atoms with van der Waals surface area (Å²) < 4.78 is 5.23. The van der Waals surface area contributed by atoms with E-state index in [0.29, 0.717) is 6.04 Å². The first kappa shape index (κ1) is 11.6. The molecule has 0 aromatic carbocycles. The molecule has 4 heteroatoms. The third-order valence-corrected chi connectivity index (χ3v) is 3.02. The molecule has 1 N–H and O–H groups in total. The van der Waals surface area contributed by atoms with E-state index in [4.69, 9.17) is 4.52 Å². The summed E-state index contributed by atoms with van der Waals surface area (Å²) in [4.78, 5) is 4.42. The highest BCUT2D eigenvalue weighted by Crippen LogP contribution is 2.31. The van der Waals surface area contributed by atoms with Gasteiger partial charge in [-0.3, -0.25) is 0 Å². The Kier molecular flexibility index (Phi) is 3.93. The van der Waals surface area contributed by atoms with Gasteiger partial charge in [-0.2, -0.15) is 4.98 Å². The van der Waals surface area contributed by atoms with Gasteiger partial charge in [0.2, 0.25) is 5.89 Å². The first-order valence-electron chi connectivity index (χ1n) is 6.32. The fourth-order valence-electron chi connectivity index (χ4n) is 1.85. The Balaban J connectivity index is 1.73. The van der Waals surface area contributed by atoms with Gasteiger partial charge in [0.1, 0.15) is 0 Å². The van der Waals surface area contributed by atoms with Gasteiger partial charge in [0, 0.05) is 18.9 Å². The second kappa shape index (κ2) is 5.43. The molecule has 0 spiro atoms. The quantitative estimate of drug-likeness (QED) is 0.767. The molecule has 0 bridgehead atoms. The van der Waals surface area contributed by atoms with Crippen LogP contribution in [0.1, 0.15) is 44.8 Å². The van der Waals surface area contributed by atoms with Crippen molar-refractivity contribution in [2.75, 3.05) is 6.54 Å². The maximum absolute atomic E-state index is 5.23. The minimum Gasteiger partial charge on any atom is -0.339 e. The van der Waals surface area contributed by atoms with Crippen molar-refractivity contribution in [3.63, 3.8) is 0 Å². The second-order valence-electron chi connectivity index (χ2n) is 4.75. The second-order valence-corrected chi connectivity index (χ2v) is 4.75. The third kappa shape index (κ3) is 3.59. The molecule has 1 aliphatic carbocycles. The van der Waals surface area contributed by atoms with Crippen LogP contribution < -0.4 is 5.32 Å². The molecular formula is C12H21N3O. The Morgan fingerprint density at radius 2 is 2.31 bits per heavy atom. The van der Waals surface area contributed by atoms with Gasteiger partial charge in [0.05, 0.1) is 0 Å². The van der Waals surface area contributed by atoms with Crippen LogP contribution in [-0.2, 0) is 12.8 Å². The summed E-state index contributed by atoms with van der Waals surface area (Å²) in [6, 6.07) is 0.517. The fourth-order valence-corrected chi connectivity index (χ4v) is 1.85. The molecule has 1 fully saturated rings. The molecule has 1 atom stereocenters. The van der Waals surface area contributed by atoms with Gasteiger partial charge in [0.25, 0.3) is 0 Å². The van der Waals surface area contributed by atoms with E-state index in [2.05, 4.69) is 29.3 Å². The number of nitrogens with one attached hydrogen (secondary N) is 1. The highest BCUT2D eigenvalue weighted by molar-refractivity contribution is 4.92. The maximum Gasteiger partial charge on any atom is 0.226 e. The van der Waals surface area contributed by atoms with Crippen molar-refractivity contribution in [1.29, 1.82) is 0 Å². The topological polar surface area (TPSA) is 51.0 Å². The molecule has 1 unspecified atom stereocenters. The molecule has 1 aromatic heterocycles. The van der Waals surface area contributed by atoms with Crippen molar-refractivity contribution in [3.8, 4) is 0 Å². The highest BCUT2D eigenvalue weighted by atomic mass is 16.5. The Morgan fingerprint density at radius 3 is 3.00 bits per heavy atom. The first-order valence-corrected chi connectivity index (χ1v) is 6.32. The van der Waals surface area contributed by atoms with Gasteiger partial charge < -0.3 is 9.84 Å². The summed E-state index contributed by atoms with van der Waals surface area (Å²) in [5.74, 6) is 2.51. The molecule has 1 heterocycles. The van der Waals surface area contributed by atoms with E-state index < -0.39 is 0 Å². The zero-order valence-corrected chi connectivity index (χ0v) is 10.2. The molecule has 16 heavy (non-hydrogen) atoms. The molecule has 1 aliphatic rings. The maximum atomic E-state index is 5.23. The van der Waals surface area contributed by atoms with Crippen LogP contribution in [0, 0.1) is 5.92 Å². The average Bonchev–Trinajstić information content (AvgIpc) is 2.94. The molecule has 1 aromatic rings. The largest absolute Gasteiger partial charge is 0.339 e. The van der Waals surface area contributed by atoms with Gasteiger partial charge in [0.15, 0.2) is 5.82 Å². The predicted molar refractivity (Wildman–Crippen MR) is 62.2 cm³/mol. The minimum atomic E-state index is 0.517. The number of nitrogens with zero attached hydrogens (tertiary/aromatic N) is 2. The molecular weight excluding hydrogens is 202 g/mol. The first-order chi connectivity index (χ1) is 7.78. The van der Waals surface area contributed by atoms with Crippen LogP contribution >= 0.6 is 0 Å². The van der Waals surface area contributed by atoms with Crippen molar-refractivity contribution in [2.45, 2.75) is 52.0 Å². The zero-order chi connectivity index (χ0) is 11.4. The van der Waals surface area contributed by atoms with E-state index in [1.165, 1.54) is 12.8 Å². The van der Waals surface area contributed by atoms with E-state index in [0.717, 1.165) is 43.4 Å². The van der Waals surface area contributed by atoms with Crippen LogP contribution in [0.15, 0.2) is 4.52 Å². The lowest BCUT2D eigenvalue weighted by molar-refractivity contribution is 0.362. The molecule has 4 nitrogen and oxygen atoms in total. The molecule has 0 amide bonds. The lowest BCUT2D eigenvalue weighted by atomic mass is 10.2. The predicted octanol–water partition coefficient (Wildman–Crippen LogP) is 1.95. The SMILES string of the molecule is CCNC(C)CCc1nc(CC2CC2)no1. The highest BCUT2D eigenvalue weighted by Gasteiger charge is 2.23. The van der Waals surface area contributed by atoms with Crippen molar-refractivity contribution in [3.05, 3.63) is 11.7 Å². The van der Waals surface area contributed by atoms with E-state index in [9.17, 15) is 0 Å². The van der Waals surface area contributed by atoms with E-state index >= 15 is 0 Å². The number of hydrogen-bond acceptors (Lipinski definition) is 4. The summed E-state index contributed by atoms with van der Waals surface area (Å²) in [5.41, 5.74) is 0. The lowest BCUT2D eigenvalue weighted by Crippen LogP contribution is -2.25. The molecule has 0 saturated heterocycles. The number of hydrogen-bond donors (Lipinski definition) is 1.